The minimum atomic E-state index is -3.15. The zero-order valence-corrected chi connectivity index (χ0v) is 15.5. The van der Waals surface area contributed by atoms with Crippen molar-refractivity contribution in [1.29, 1.82) is 0 Å². The quantitative estimate of drug-likeness (QED) is 0.821. The largest absolute Gasteiger partial charge is 0.334 e. The van der Waals surface area contributed by atoms with Crippen molar-refractivity contribution in [3.63, 3.8) is 0 Å². The summed E-state index contributed by atoms with van der Waals surface area (Å²) in [6.07, 6.45) is 5.66. The number of piperidine rings is 1. The Bertz CT molecular complexity index is 597. The summed E-state index contributed by atoms with van der Waals surface area (Å²) in [6.45, 7) is 10.6. The Morgan fingerprint density at radius 2 is 2.13 bits per heavy atom. The van der Waals surface area contributed by atoms with Gasteiger partial charge in [-0.15, -0.1) is 0 Å². The van der Waals surface area contributed by atoms with E-state index in [1.54, 1.807) is 18.2 Å². The number of hydrogen-bond acceptors (Lipinski definition) is 4. The monoisotopic (exact) mass is 342 g/mol. The predicted molar refractivity (Wildman–Crippen MR) is 92.6 cm³/mol. The van der Waals surface area contributed by atoms with Crippen molar-refractivity contribution < 1.29 is 8.42 Å². The molecule has 0 saturated carbocycles. The van der Waals surface area contributed by atoms with Crippen LogP contribution in [-0.4, -0.2) is 46.7 Å². The van der Waals surface area contributed by atoms with Crippen LogP contribution in [0.2, 0.25) is 0 Å². The van der Waals surface area contributed by atoms with Crippen LogP contribution in [0.3, 0.4) is 0 Å². The summed E-state index contributed by atoms with van der Waals surface area (Å²) < 4.78 is 28.6. The van der Waals surface area contributed by atoms with E-state index in [0.29, 0.717) is 25.0 Å². The van der Waals surface area contributed by atoms with Crippen molar-refractivity contribution in [2.45, 2.75) is 64.9 Å². The van der Waals surface area contributed by atoms with Crippen molar-refractivity contribution in [2.75, 3.05) is 13.1 Å². The van der Waals surface area contributed by atoms with Crippen LogP contribution in [0.25, 0.3) is 0 Å². The maximum atomic E-state index is 12.4. The Labute approximate surface area is 140 Å². The third-order valence-electron chi connectivity index (χ3n) is 4.84. The zero-order valence-electron chi connectivity index (χ0n) is 14.7. The normalized spacial score (nSPS) is 23.5. The summed E-state index contributed by atoms with van der Waals surface area (Å²) >= 11 is 0. The molecule has 0 spiro atoms. The molecule has 1 aromatic heterocycles. The number of rotatable bonds is 7. The van der Waals surface area contributed by atoms with Gasteiger partial charge in [0.2, 0.25) is 10.0 Å². The molecule has 7 heteroatoms. The molecule has 2 heterocycles. The molecule has 1 N–H and O–H groups in total. The number of sulfonamides is 1. The minimum absolute atomic E-state index is 0.346. The molecular formula is C16H30N4O2S. The highest BCUT2D eigenvalue weighted by atomic mass is 32.2. The third kappa shape index (κ3) is 4.14. The first-order chi connectivity index (χ1) is 10.9. The van der Waals surface area contributed by atoms with Gasteiger partial charge < -0.3 is 9.88 Å². The molecule has 0 aliphatic carbocycles. The van der Waals surface area contributed by atoms with Crippen molar-refractivity contribution in [3.8, 4) is 0 Å². The van der Waals surface area contributed by atoms with Gasteiger partial charge in [-0.3, -0.25) is 0 Å². The molecule has 1 fully saturated rings. The maximum Gasteiger partial charge on any atom is 0.216 e. The molecule has 2 rings (SSSR count). The van der Waals surface area contributed by atoms with Crippen LogP contribution in [0.4, 0.5) is 0 Å². The highest BCUT2D eigenvalue weighted by molar-refractivity contribution is 7.89. The lowest BCUT2D eigenvalue weighted by molar-refractivity contribution is 0.199. The van der Waals surface area contributed by atoms with Crippen molar-refractivity contribution >= 4 is 10.0 Å². The van der Waals surface area contributed by atoms with Crippen LogP contribution in [0.1, 0.15) is 46.4 Å². The van der Waals surface area contributed by atoms with E-state index in [9.17, 15) is 8.42 Å². The van der Waals surface area contributed by atoms with Crippen LogP contribution < -0.4 is 5.32 Å². The van der Waals surface area contributed by atoms with E-state index in [4.69, 9.17) is 0 Å². The number of aryl methyl sites for hydroxylation is 1. The Hall–Kier alpha value is -0.920. The Balaban J connectivity index is 1.97. The predicted octanol–water partition coefficient (Wildman–Crippen LogP) is 1.83. The van der Waals surface area contributed by atoms with Crippen molar-refractivity contribution in [1.82, 2.24) is 19.2 Å². The Kier molecular flexibility index (Phi) is 6.22. The van der Waals surface area contributed by atoms with Crippen LogP contribution in [-0.2, 0) is 23.1 Å². The van der Waals surface area contributed by atoms with E-state index in [0.717, 1.165) is 31.8 Å². The summed E-state index contributed by atoms with van der Waals surface area (Å²) in [5.74, 6) is 1.39. The molecule has 1 aromatic rings. The molecule has 0 aromatic carbocycles. The fourth-order valence-corrected chi connectivity index (χ4v) is 4.58. The van der Waals surface area contributed by atoms with Gasteiger partial charge in [-0.2, -0.15) is 0 Å². The zero-order chi connectivity index (χ0) is 17.0. The van der Waals surface area contributed by atoms with Gasteiger partial charge in [0.25, 0.3) is 0 Å². The van der Waals surface area contributed by atoms with Gasteiger partial charge in [0, 0.05) is 38.1 Å². The first-order valence-corrected chi connectivity index (χ1v) is 10.1. The summed E-state index contributed by atoms with van der Waals surface area (Å²) in [5, 5.41) is 3.25. The van der Waals surface area contributed by atoms with E-state index in [1.807, 2.05) is 12.4 Å². The average molecular weight is 343 g/mol. The average Bonchev–Trinajstić information content (AvgIpc) is 2.99. The molecule has 6 nitrogen and oxygen atoms in total. The lowest BCUT2D eigenvalue weighted by Crippen LogP contribution is -2.52. The number of aromatic nitrogens is 2. The van der Waals surface area contributed by atoms with Crippen LogP contribution in [0.15, 0.2) is 12.4 Å². The fraction of sp³-hybridized carbons (Fsp3) is 0.812. The van der Waals surface area contributed by atoms with Crippen molar-refractivity contribution in [2.24, 2.45) is 5.92 Å². The summed E-state index contributed by atoms with van der Waals surface area (Å²) in [6, 6.07) is 0.348. The van der Waals surface area contributed by atoms with Gasteiger partial charge in [0.15, 0.2) is 0 Å². The molecule has 1 saturated heterocycles. The first-order valence-electron chi connectivity index (χ1n) is 8.62. The molecule has 0 unspecified atom stereocenters. The van der Waals surface area contributed by atoms with Gasteiger partial charge in [-0.05, 0) is 33.1 Å². The van der Waals surface area contributed by atoms with E-state index in [1.165, 1.54) is 0 Å². The van der Waals surface area contributed by atoms with Gasteiger partial charge in [-0.25, -0.2) is 17.7 Å². The van der Waals surface area contributed by atoms with E-state index >= 15 is 0 Å². The van der Waals surface area contributed by atoms with Gasteiger partial charge in [0.05, 0.1) is 11.8 Å². The molecule has 0 radical (unpaired) electrons. The second kappa shape index (κ2) is 7.77. The van der Waals surface area contributed by atoms with Crippen LogP contribution in [0, 0.1) is 5.92 Å². The lowest BCUT2D eigenvalue weighted by atomic mass is 9.91. The molecule has 0 bridgehead atoms. The third-order valence-corrected chi connectivity index (χ3v) is 7.08. The van der Waals surface area contributed by atoms with Gasteiger partial charge in [-0.1, -0.05) is 13.3 Å². The summed E-state index contributed by atoms with van der Waals surface area (Å²) in [4.78, 5) is 4.39. The number of nitrogens with zero attached hydrogens (tertiary/aromatic N) is 3. The lowest BCUT2D eigenvalue weighted by Gasteiger charge is -2.38. The smallest absolute Gasteiger partial charge is 0.216 e. The second-order valence-corrected chi connectivity index (χ2v) is 9.01. The van der Waals surface area contributed by atoms with Crippen LogP contribution in [0.5, 0.6) is 0 Å². The second-order valence-electron chi connectivity index (χ2n) is 6.53. The minimum Gasteiger partial charge on any atom is -0.334 e. The standard InChI is InChI=1S/C16H30N4O2S/c1-5-14-12-20(23(21,22)13(3)4)9-7-15(14)18-11-16-17-8-10-19(16)6-2/h8,10,13-15,18H,5-7,9,11-12H2,1-4H3/t14-,15-/m0/s1. The van der Waals surface area contributed by atoms with Gasteiger partial charge in [0.1, 0.15) is 5.82 Å². The molecule has 23 heavy (non-hydrogen) atoms. The van der Waals surface area contributed by atoms with Gasteiger partial charge >= 0.3 is 0 Å². The van der Waals surface area contributed by atoms with E-state index < -0.39 is 10.0 Å². The fourth-order valence-electron chi connectivity index (χ4n) is 3.23. The van der Waals surface area contributed by atoms with E-state index in [-0.39, 0.29) is 5.25 Å². The highest BCUT2D eigenvalue weighted by Gasteiger charge is 2.35. The highest BCUT2D eigenvalue weighted by Crippen LogP contribution is 2.24. The molecular weight excluding hydrogens is 312 g/mol. The maximum absolute atomic E-state index is 12.4. The molecule has 2 atom stereocenters. The first kappa shape index (κ1) is 18.4. The summed E-state index contributed by atoms with van der Waals surface area (Å²) in [7, 11) is -3.15. The van der Waals surface area contributed by atoms with Crippen molar-refractivity contribution in [3.05, 3.63) is 18.2 Å². The summed E-state index contributed by atoms with van der Waals surface area (Å²) in [5.41, 5.74) is 0. The molecule has 0 amide bonds. The Morgan fingerprint density at radius 3 is 2.74 bits per heavy atom. The van der Waals surface area contributed by atoms with E-state index in [2.05, 4.69) is 28.7 Å². The number of imidazole rings is 1. The number of hydrogen-bond donors (Lipinski definition) is 1. The van der Waals surface area contributed by atoms with Crippen LogP contribution >= 0.6 is 0 Å². The topological polar surface area (TPSA) is 67.2 Å². The molecule has 1 aliphatic heterocycles. The Morgan fingerprint density at radius 1 is 1.39 bits per heavy atom. The molecule has 1 aliphatic rings. The molecule has 132 valence electrons. The number of nitrogens with one attached hydrogen (secondary N) is 1. The SMILES string of the molecule is CC[C@H]1CN(S(=O)(=O)C(C)C)CC[C@@H]1NCc1nccn1CC.